The molecule has 0 radical (unpaired) electrons. The molecule has 6 nitrogen and oxygen atoms in total. The van der Waals surface area contributed by atoms with E-state index in [1.165, 1.54) is 16.8 Å². The van der Waals surface area contributed by atoms with Gasteiger partial charge >= 0.3 is 0 Å². The number of carbonyl (C=O) groups is 1. The Morgan fingerprint density at radius 2 is 1.92 bits per heavy atom. The van der Waals surface area contributed by atoms with Gasteiger partial charge in [0.25, 0.3) is 0 Å². The number of carbonyl (C=O) groups excluding carboxylic acids is 1. The summed E-state index contributed by atoms with van der Waals surface area (Å²) in [7, 11) is 0. The summed E-state index contributed by atoms with van der Waals surface area (Å²) >= 11 is 0. The zero-order chi connectivity index (χ0) is 17.1. The van der Waals surface area contributed by atoms with Crippen molar-refractivity contribution in [2.24, 2.45) is 11.5 Å². The summed E-state index contributed by atoms with van der Waals surface area (Å²) in [6.45, 7) is 0.308. The zero-order valence-corrected chi connectivity index (χ0v) is 12.8. The molecule has 2 aromatic heterocycles. The molecule has 0 saturated carbocycles. The molecule has 1 aromatic carbocycles. The number of nitrogens with zero attached hydrogens (tertiary/aromatic N) is 3. The van der Waals surface area contributed by atoms with Crippen LogP contribution in [0.3, 0.4) is 0 Å². The van der Waals surface area contributed by atoms with Crippen molar-refractivity contribution in [3.63, 3.8) is 0 Å². The molecule has 2 heterocycles. The predicted octanol–water partition coefficient (Wildman–Crippen LogP) is 1.70. The summed E-state index contributed by atoms with van der Waals surface area (Å²) < 4.78 is 14.6. The Bertz CT molecular complexity index is 873. The van der Waals surface area contributed by atoms with E-state index < -0.39 is 5.91 Å². The van der Waals surface area contributed by atoms with Crippen LogP contribution in [0.5, 0.6) is 0 Å². The highest BCUT2D eigenvalue weighted by Gasteiger charge is 2.11. The van der Waals surface area contributed by atoms with Crippen molar-refractivity contribution in [1.82, 2.24) is 14.8 Å². The molecule has 1 amide bonds. The van der Waals surface area contributed by atoms with E-state index in [-0.39, 0.29) is 12.4 Å². The molecule has 0 aliphatic rings. The van der Waals surface area contributed by atoms with Crippen molar-refractivity contribution in [2.75, 3.05) is 0 Å². The van der Waals surface area contributed by atoms with E-state index in [0.717, 1.165) is 16.7 Å². The van der Waals surface area contributed by atoms with Crippen molar-refractivity contribution >= 4 is 5.91 Å². The largest absolute Gasteiger partial charge is 0.368 e. The molecule has 0 aliphatic carbocycles. The molecule has 7 heteroatoms. The molecule has 0 spiro atoms. The summed E-state index contributed by atoms with van der Waals surface area (Å²) in [6, 6.07) is 9.73. The Labute approximate surface area is 137 Å². The van der Waals surface area contributed by atoms with Crippen LogP contribution in [-0.2, 0) is 17.9 Å². The number of amides is 1. The number of hydrogen-bond donors (Lipinski definition) is 2. The maximum absolute atomic E-state index is 13.1. The number of aromatic nitrogens is 3. The summed E-state index contributed by atoms with van der Waals surface area (Å²) in [5.41, 5.74) is 14.8. The minimum atomic E-state index is -0.467. The van der Waals surface area contributed by atoms with Gasteiger partial charge in [0, 0.05) is 30.1 Å². The van der Waals surface area contributed by atoms with E-state index in [0.29, 0.717) is 17.9 Å². The van der Waals surface area contributed by atoms with Crippen LogP contribution in [0.4, 0.5) is 4.39 Å². The lowest BCUT2D eigenvalue weighted by molar-refractivity contribution is -0.118. The average molecular weight is 325 g/mol. The fourth-order valence-electron chi connectivity index (χ4n) is 2.42. The van der Waals surface area contributed by atoms with Crippen LogP contribution in [0.25, 0.3) is 22.5 Å². The normalized spacial score (nSPS) is 10.8. The highest BCUT2D eigenvalue weighted by atomic mass is 19.1. The van der Waals surface area contributed by atoms with Crippen LogP contribution in [0.15, 0.2) is 48.8 Å². The smallest absolute Gasteiger partial charge is 0.239 e. The number of nitrogens with two attached hydrogens (primary N) is 2. The lowest BCUT2D eigenvalue weighted by Crippen LogP contribution is -2.18. The number of pyridine rings is 1. The first kappa shape index (κ1) is 15.8. The third kappa shape index (κ3) is 3.31. The van der Waals surface area contributed by atoms with Crippen LogP contribution in [0, 0.1) is 5.82 Å². The number of primary amides is 1. The Balaban J connectivity index is 2.02. The van der Waals surface area contributed by atoms with Gasteiger partial charge in [0.1, 0.15) is 12.4 Å². The minimum absolute atomic E-state index is 0.00780. The Morgan fingerprint density at radius 1 is 1.17 bits per heavy atom. The van der Waals surface area contributed by atoms with Crippen molar-refractivity contribution in [2.45, 2.75) is 13.1 Å². The van der Waals surface area contributed by atoms with Crippen LogP contribution in [0.1, 0.15) is 5.56 Å². The zero-order valence-electron chi connectivity index (χ0n) is 12.8. The van der Waals surface area contributed by atoms with Gasteiger partial charge in [-0.05, 0) is 42.0 Å². The first-order valence-electron chi connectivity index (χ1n) is 7.34. The van der Waals surface area contributed by atoms with Crippen LogP contribution in [0.2, 0.25) is 0 Å². The van der Waals surface area contributed by atoms with Crippen LogP contribution < -0.4 is 11.5 Å². The fourth-order valence-corrected chi connectivity index (χ4v) is 2.42. The summed E-state index contributed by atoms with van der Waals surface area (Å²) in [5, 5.41) is 4.35. The molecule has 0 bridgehead atoms. The highest BCUT2D eigenvalue weighted by Crippen LogP contribution is 2.27. The molecular weight excluding hydrogens is 309 g/mol. The van der Waals surface area contributed by atoms with Gasteiger partial charge in [-0.2, -0.15) is 5.10 Å². The third-order valence-electron chi connectivity index (χ3n) is 3.58. The minimum Gasteiger partial charge on any atom is -0.368 e. The second-order valence-corrected chi connectivity index (χ2v) is 5.30. The number of benzene rings is 1. The molecule has 4 N–H and O–H groups in total. The van der Waals surface area contributed by atoms with Gasteiger partial charge in [0.05, 0.1) is 11.4 Å². The lowest BCUT2D eigenvalue weighted by Gasteiger charge is -2.08. The van der Waals surface area contributed by atoms with Crippen molar-refractivity contribution < 1.29 is 9.18 Å². The molecule has 3 aromatic rings. The highest BCUT2D eigenvalue weighted by molar-refractivity contribution is 5.74. The van der Waals surface area contributed by atoms with Crippen molar-refractivity contribution in [1.29, 1.82) is 0 Å². The summed E-state index contributed by atoms with van der Waals surface area (Å²) in [6.07, 6.45) is 3.36. The monoisotopic (exact) mass is 325 g/mol. The molecule has 0 atom stereocenters. The maximum Gasteiger partial charge on any atom is 0.239 e. The van der Waals surface area contributed by atoms with Gasteiger partial charge in [-0.1, -0.05) is 0 Å². The predicted molar refractivity (Wildman–Crippen MR) is 87.9 cm³/mol. The second kappa shape index (κ2) is 6.59. The quantitative estimate of drug-likeness (QED) is 0.745. The number of halogens is 1. The standard InChI is InChI=1S/C17H16FN5O/c18-13-3-1-11(2-4-13)16-7-14(12(8-19)9-21-16)15-5-6-23(22-15)10-17(20)24/h1-7,9H,8,10,19H2,(H2,20,24). The van der Waals surface area contributed by atoms with Gasteiger partial charge in [-0.15, -0.1) is 0 Å². The topological polar surface area (TPSA) is 99.8 Å². The summed E-state index contributed by atoms with van der Waals surface area (Å²) in [4.78, 5) is 15.4. The van der Waals surface area contributed by atoms with E-state index in [4.69, 9.17) is 11.5 Å². The SMILES string of the molecule is NCc1cnc(-c2ccc(F)cc2)cc1-c1ccn(CC(N)=O)n1. The number of hydrogen-bond acceptors (Lipinski definition) is 4. The maximum atomic E-state index is 13.1. The van der Waals surface area contributed by atoms with Gasteiger partial charge in [0.15, 0.2) is 0 Å². The fraction of sp³-hybridized carbons (Fsp3) is 0.118. The molecule has 3 rings (SSSR count). The molecule has 24 heavy (non-hydrogen) atoms. The molecule has 0 saturated heterocycles. The van der Waals surface area contributed by atoms with Gasteiger partial charge in [0.2, 0.25) is 5.91 Å². The van der Waals surface area contributed by atoms with Crippen LogP contribution >= 0.6 is 0 Å². The first-order valence-corrected chi connectivity index (χ1v) is 7.34. The Morgan fingerprint density at radius 3 is 2.58 bits per heavy atom. The molecule has 0 fully saturated rings. The molecular formula is C17H16FN5O. The Hall–Kier alpha value is -3.06. The number of rotatable bonds is 5. The van der Waals surface area contributed by atoms with Crippen molar-refractivity contribution in [3.8, 4) is 22.5 Å². The van der Waals surface area contributed by atoms with Gasteiger partial charge in [-0.25, -0.2) is 4.39 Å². The van der Waals surface area contributed by atoms with E-state index in [1.807, 2.05) is 6.07 Å². The molecule has 122 valence electrons. The van der Waals surface area contributed by atoms with Gasteiger partial charge in [-0.3, -0.25) is 14.5 Å². The van der Waals surface area contributed by atoms with Crippen molar-refractivity contribution in [3.05, 3.63) is 60.2 Å². The lowest BCUT2D eigenvalue weighted by atomic mass is 10.0. The van der Waals surface area contributed by atoms with Gasteiger partial charge < -0.3 is 11.5 Å². The van der Waals surface area contributed by atoms with E-state index in [9.17, 15) is 9.18 Å². The Kier molecular flexibility index (Phi) is 4.35. The second-order valence-electron chi connectivity index (χ2n) is 5.30. The average Bonchev–Trinajstić information content (AvgIpc) is 3.02. The third-order valence-corrected chi connectivity index (χ3v) is 3.58. The van der Waals surface area contributed by atoms with Crippen LogP contribution in [-0.4, -0.2) is 20.7 Å². The molecule has 0 aliphatic heterocycles. The first-order chi connectivity index (χ1) is 11.6. The molecule has 0 unspecified atom stereocenters. The van der Waals surface area contributed by atoms with E-state index >= 15 is 0 Å². The summed E-state index contributed by atoms with van der Waals surface area (Å²) in [5.74, 6) is -0.770. The van der Waals surface area contributed by atoms with E-state index in [2.05, 4.69) is 10.1 Å². The van der Waals surface area contributed by atoms with E-state index in [1.54, 1.807) is 30.6 Å².